The molecule has 0 unspecified atom stereocenters. The molecule has 1 amide bonds. The third-order valence-electron chi connectivity index (χ3n) is 3.39. The Morgan fingerprint density at radius 2 is 2.00 bits per heavy atom. The minimum atomic E-state index is -4.38. The molecule has 0 bridgehead atoms. The van der Waals surface area contributed by atoms with Crippen LogP contribution in [0.5, 0.6) is 5.75 Å². The molecule has 2 aromatic rings. The van der Waals surface area contributed by atoms with Crippen molar-refractivity contribution in [2.24, 2.45) is 7.05 Å². The van der Waals surface area contributed by atoms with Crippen molar-refractivity contribution in [2.75, 3.05) is 6.61 Å². The van der Waals surface area contributed by atoms with Gasteiger partial charge in [-0.05, 0) is 30.7 Å². The Kier molecular flexibility index (Phi) is 6.31. The molecule has 1 heterocycles. The number of aromatic nitrogens is 2. The molecule has 0 fully saturated rings. The van der Waals surface area contributed by atoms with Crippen LogP contribution in [-0.2, 0) is 18.4 Å². The van der Waals surface area contributed by atoms with Crippen LogP contribution in [0.1, 0.15) is 16.8 Å². The van der Waals surface area contributed by atoms with Crippen molar-refractivity contribution in [3.8, 4) is 5.75 Å². The number of ether oxygens (including phenoxy) is 1. The molecule has 0 spiro atoms. The molecule has 0 saturated heterocycles. The zero-order chi connectivity index (χ0) is 19.3. The van der Waals surface area contributed by atoms with Gasteiger partial charge in [0.1, 0.15) is 10.9 Å². The molecule has 2 rings (SSSR count). The summed E-state index contributed by atoms with van der Waals surface area (Å²) in [7, 11) is 1.70. The molecule has 140 valence electrons. The highest BCUT2D eigenvalue weighted by atomic mass is 35.5. The third kappa shape index (κ3) is 5.80. The maximum Gasteiger partial charge on any atom is 0.422 e. The van der Waals surface area contributed by atoms with Gasteiger partial charge in [-0.2, -0.15) is 18.3 Å². The average Bonchev–Trinajstić information content (AvgIpc) is 2.82. The van der Waals surface area contributed by atoms with E-state index >= 15 is 0 Å². The van der Waals surface area contributed by atoms with E-state index in [1.807, 2.05) is 0 Å². The van der Waals surface area contributed by atoms with Gasteiger partial charge in [0.05, 0.1) is 5.69 Å². The lowest BCUT2D eigenvalue weighted by atomic mass is 10.2. The van der Waals surface area contributed by atoms with Crippen LogP contribution in [0.25, 0.3) is 6.08 Å². The number of carbonyl (C=O) groups is 1. The summed E-state index contributed by atoms with van der Waals surface area (Å²) in [6.45, 7) is 0.665. The van der Waals surface area contributed by atoms with Crippen molar-refractivity contribution < 1.29 is 22.7 Å². The van der Waals surface area contributed by atoms with Crippen LogP contribution in [0.4, 0.5) is 13.2 Å². The number of carbonyl (C=O) groups excluding carboxylic acids is 1. The van der Waals surface area contributed by atoms with Crippen molar-refractivity contribution >= 4 is 23.6 Å². The number of nitrogens with one attached hydrogen (secondary N) is 1. The zero-order valence-electron chi connectivity index (χ0n) is 14.1. The van der Waals surface area contributed by atoms with Crippen LogP contribution in [0.3, 0.4) is 0 Å². The number of amides is 1. The van der Waals surface area contributed by atoms with E-state index in [0.717, 1.165) is 5.56 Å². The van der Waals surface area contributed by atoms with Gasteiger partial charge in [0, 0.05) is 25.2 Å². The molecule has 0 saturated carbocycles. The minimum absolute atomic E-state index is 0.110. The van der Waals surface area contributed by atoms with Gasteiger partial charge in [-0.3, -0.25) is 9.48 Å². The fourth-order valence-electron chi connectivity index (χ4n) is 2.11. The normalized spacial score (nSPS) is 11.8. The minimum Gasteiger partial charge on any atom is -0.484 e. The SMILES string of the molecule is Cc1nn(C)c(Cl)c1/C=C/C(=O)NCc1ccc(OCC(F)(F)F)cc1. The first-order chi connectivity index (χ1) is 12.2. The molecular formula is C17H17ClF3N3O2. The van der Waals surface area contributed by atoms with Crippen LogP contribution < -0.4 is 10.1 Å². The summed E-state index contributed by atoms with van der Waals surface area (Å²) in [6.07, 6.45) is -1.46. The zero-order valence-corrected chi connectivity index (χ0v) is 14.9. The lowest BCUT2D eigenvalue weighted by molar-refractivity contribution is -0.153. The molecule has 0 aliphatic rings. The van der Waals surface area contributed by atoms with E-state index < -0.39 is 12.8 Å². The van der Waals surface area contributed by atoms with Crippen molar-refractivity contribution in [3.63, 3.8) is 0 Å². The van der Waals surface area contributed by atoms with Crippen LogP contribution in [-0.4, -0.2) is 28.5 Å². The van der Waals surface area contributed by atoms with E-state index in [9.17, 15) is 18.0 Å². The quantitative estimate of drug-likeness (QED) is 0.770. The molecule has 0 aliphatic carbocycles. The smallest absolute Gasteiger partial charge is 0.422 e. The Morgan fingerprint density at radius 3 is 2.54 bits per heavy atom. The van der Waals surface area contributed by atoms with E-state index in [2.05, 4.69) is 15.2 Å². The first-order valence-electron chi connectivity index (χ1n) is 7.59. The predicted octanol–water partition coefficient (Wildman–Crippen LogP) is 3.65. The van der Waals surface area contributed by atoms with Gasteiger partial charge in [0.2, 0.25) is 5.91 Å². The number of benzene rings is 1. The fourth-order valence-corrected chi connectivity index (χ4v) is 2.35. The Labute approximate surface area is 153 Å². The molecule has 1 N–H and O–H groups in total. The fraction of sp³-hybridized carbons (Fsp3) is 0.294. The van der Waals surface area contributed by atoms with Gasteiger partial charge >= 0.3 is 6.18 Å². The second-order valence-electron chi connectivity index (χ2n) is 5.51. The molecular weight excluding hydrogens is 371 g/mol. The van der Waals surface area contributed by atoms with E-state index in [4.69, 9.17) is 11.6 Å². The first-order valence-corrected chi connectivity index (χ1v) is 7.97. The Bertz CT molecular complexity index is 799. The lowest BCUT2D eigenvalue weighted by Gasteiger charge is -2.09. The summed E-state index contributed by atoms with van der Waals surface area (Å²) in [6, 6.07) is 6.00. The topological polar surface area (TPSA) is 56.2 Å². The van der Waals surface area contributed by atoms with Gasteiger partial charge in [0.25, 0.3) is 0 Å². The van der Waals surface area contributed by atoms with E-state index in [1.54, 1.807) is 32.2 Å². The van der Waals surface area contributed by atoms with Gasteiger partial charge in [-0.1, -0.05) is 23.7 Å². The van der Waals surface area contributed by atoms with Crippen molar-refractivity contribution in [1.82, 2.24) is 15.1 Å². The van der Waals surface area contributed by atoms with Gasteiger partial charge in [0.15, 0.2) is 6.61 Å². The number of hydrogen-bond acceptors (Lipinski definition) is 3. The van der Waals surface area contributed by atoms with E-state index in [1.165, 1.54) is 22.9 Å². The Hall–Kier alpha value is -2.48. The summed E-state index contributed by atoms with van der Waals surface area (Å²) >= 11 is 6.07. The second-order valence-corrected chi connectivity index (χ2v) is 5.87. The summed E-state index contributed by atoms with van der Waals surface area (Å²) in [4.78, 5) is 11.9. The van der Waals surface area contributed by atoms with Crippen LogP contribution in [0.2, 0.25) is 5.15 Å². The number of hydrogen-bond donors (Lipinski definition) is 1. The highest BCUT2D eigenvalue weighted by Gasteiger charge is 2.28. The van der Waals surface area contributed by atoms with Crippen molar-refractivity contribution in [3.05, 3.63) is 52.3 Å². The number of nitrogens with zero attached hydrogens (tertiary/aromatic N) is 2. The number of rotatable bonds is 6. The van der Waals surface area contributed by atoms with Crippen LogP contribution >= 0.6 is 11.6 Å². The molecule has 0 atom stereocenters. The maximum absolute atomic E-state index is 12.1. The van der Waals surface area contributed by atoms with Crippen LogP contribution in [0, 0.1) is 6.92 Å². The van der Waals surface area contributed by atoms with Crippen LogP contribution in [0.15, 0.2) is 30.3 Å². The number of aryl methyl sites for hydroxylation is 2. The second kappa shape index (κ2) is 8.27. The van der Waals surface area contributed by atoms with Gasteiger partial charge < -0.3 is 10.1 Å². The lowest BCUT2D eigenvalue weighted by Crippen LogP contribution is -2.20. The molecule has 0 radical (unpaired) electrons. The number of halogens is 4. The average molecular weight is 388 g/mol. The molecule has 5 nitrogen and oxygen atoms in total. The maximum atomic E-state index is 12.1. The molecule has 9 heteroatoms. The molecule has 26 heavy (non-hydrogen) atoms. The predicted molar refractivity (Wildman–Crippen MR) is 91.8 cm³/mol. The van der Waals surface area contributed by atoms with Crippen molar-refractivity contribution in [2.45, 2.75) is 19.6 Å². The summed E-state index contributed by atoms with van der Waals surface area (Å²) in [5, 5.41) is 7.25. The monoisotopic (exact) mass is 387 g/mol. The van der Waals surface area contributed by atoms with E-state index in [-0.39, 0.29) is 18.2 Å². The highest BCUT2D eigenvalue weighted by Crippen LogP contribution is 2.20. The van der Waals surface area contributed by atoms with Gasteiger partial charge in [-0.15, -0.1) is 0 Å². The molecule has 0 aliphatic heterocycles. The Morgan fingerprint density at radius 1 is 1.35 bits per heavy atom. The van der Waals surface area contributed by atoms with Crippen molar-refractivity contribution in [1.29, 1.82) is 0 Å². The third-order valence-corrected chi connectivity index (χ3v) is 3.84. The number of alkyl halides is 3. The highest BCUT2D eigenvalue weighted by molar-refractivity contribution is 6.31. The summed E-state index contributed by atoms with van der Waals surface area (Å²) < 4.78 is 42.4. The molecule has 1 aromatic carbocycles. The molecule has 1 aromatic heterocycles. The first kappa shape index (κ1) is 19.8. The Balaban J connectivity index is 1.86. The summed E-state index contributed by atoms with van der Waals surface area (Å²) in [5.41, 5.74) is 2.09. The summed E-state index contributed by atoms with van der Waals surface area (Å²) in [5.74, 6) is -0.222. The largest absolute Gasteiger partial charge is 0.484 e. The standard InChI is InChI=1S/C17H17ClF3N3O2/c1-11-14(16(18)24(2)23-11)7-8-15(25)22-9-12-3-5-13(6-4-12)26-10-17(19,20)21/h3-8H,9-10H2,1-2H3,(H,22,25)/b8-7+. The van der Waals surface area contributed by atoms with Gasteiger partial charge in [-0.25, -0.2) is 0 Å². The van der Waals surface area contributed by atoms with E-state index in [0.29, 0.717) is 16.4 Å².